The van der Waals surface area contributed by atoms with E-state index in [1.165, 1.54) is 6.07 Å². The standard InChI is InChI=1S/C40H46N6O9S3/c1-6-27(7-2)32-24-35(39-31(40(32)48)12-9-13-33(39)45-58(5,51)52)42-41-28-10-8-11-30(22-28)54-56(49)43-29-14-15-36(46-16-18-53-19-17-46)38(23-29)55-57(50)44-34-20-25(3)26(4)21-37(34)47/h8-15,20-24,27,43-45,47-48H,6-7,16-19H2,1-5H3. The van der Waals surface area contributed by atoms with Gasteiger partial charge in [0.15, 0.2) is 5.75 Å². The maximum absolute atomic E-state index is 13.3. The molecule has 0 aromatic heterocycles. The summed E-state index contributed by atoms with van der Waals surface area (Å²) in [4.78, 5) is 2.03. The van der Waals surface area contributed by atoms with Gasteiger partial charge in [0.25, 0.3) is 0 Å². The molecule has 1 aliphatic heterocycles. The van der Waals surface area contributed by atoms with Gasteiger partial charge in [-0.1, -0.05) is 32.0 Å². The molecule has 1 fully saturated rings. The van der Waals surface area contributed by atoms with Crippen LogP contribution in [0.2, 0.25) is 0 Å². The first kappa shape index (κ1) is 42.2. The van der Waals surface area contributed by atoms with Crippen molar-refractivity contribution >= 4 is 77.5 Å². The van der Waals surface area contributed by atoms with Gasteiger partial charge < -0.3 is 28.2 Å². The first-order valence-electron chi connectivity index (χ1n) is 18.5. The fourth-order valence-corrected chi connectivity index (χ4v) is 8.46. The summed E-state index contributed by atoms with van der Waals surface area (Å²) < 4.78 is 76.1. The van der Waals surface area contributed by atoms with E-state index in [9.17, 15) is 27.0 Å². The van der Waals surface area contributed by atoms with Crippen LogP contribution in [0.15, 0.2) is 89.1 Å². The largest absolute Gasteiger partial charge is 0.507 e. The molecule has 0 spiro atoms. The Bertz CT molecular complexity index is 2490. The van der Waals surface area contributed by atoms with Gasteiger partial charge in [0, 0.05) is 36.0 Å². The zero-order valence-electron chi connectivity index (χ0n) is 32.6. The molecule has 0 aliphatic carbocycles. The average Bonchev–Trinajstić information content (AvgIpc) is 3.18. The van der Waals surface area contributed by atoms with E-state index < -0.39 is 32.6 Å². The molecule has 2 atom stereocenters. The van der Waals surface area contributed by atoms with Gasteiger partial charge in [-0.2, -0.15) is 13.5 Å². The summed E-state index contributed by atoms with van der Waals surface area (Å²) in [5.74, 6) is 0.443. The monoisotopic (exact) mass is 850 g/mol. The summed E-state index contributed by atoms with van der Waals surface area (Å²) >= 11 is -4.23. The molecule has 5 aromatic carbocycles. The highest BCUT2D eigenvalue weighted by atomic mass is 32.2. The molecule has 308 valence electrons. The van der Waals surface area contributed by atoms with Crippen molar-refractivity contribution in [1.82, 2.24) is 0 Å². The van der Waals surface area contributed by atoms with E-state index >= 15 is 0 Å². The topological polar surface area (TPSA) is 200 Å². The highest BCUT2D eigenvalue weighted by Crippen LogP contribution is 2.45. The number of anilines is 4. The number of hydrogen-bond donors (Lipinski definition) is 5. The molecule has 15 nitrogen and oxygen atoms in total. The quantitative estimate of drug-likeness (QED) is 0.0473. The molecule has 1 heterocycles. The number of hydrogen-bond acceptors (Lipinski definition) is 12. The number of sulfonamides is 1. The molecule has 0 amide bonds. The van der Waals surface area contributed by atoms with Crippen LogP contribution < -0.4 is 27.4 Å². The molecule has 1 aliphatic rings. The molecular weight excluding hydrogens is 805 g/mol. The van der Waals surface area contributed by atoms with Gasteiger partial charge in [-0.3, -0.25) is 14.2 Å². The smallest absolute Gasteiger partial charge is 0.316 e. The zero-order valence-corrected chi connectivity index (χ0v) is 35.1. The number of azo groups is 1. The van der Waals surface area contributed by atoms with Gasteiger partial charge in [-0.15, -0.1) is 5.11 Å². The Hall–Kier alpha value is -5.43. The van der Waals surface area contributed by atoms with Gasteiger partial charge in [0.1, 0.15) is 17.2 Å². The Morgan fingerprint density at radius 3 is 2.28 bits per heavy atom. The van der Waals surface area contributed by atoms with Crippen LogP contribution in [0.4, 0.5) is 34.1 Å². The lowest BCUT2D eigenvalue weighted by atomic mass is 9.90. The van der Waals surface area contributed by atoms with Crippen LogP contribution in [-0.2, 0) is 37.3 Å². The fraction of sp³-hybridized carbons (Fsp3) is 0.300. The van der Waals surface area contributed by atoms with Crippen LogP contribution in [-0.4, -0.2) is 59.6 Å². The number of morpholine rings is 1. The van der Waals surface area contributed by atoms with Crippen LogP contribution >= 0.6 is 0 Å². The van der Waals surface area contributed by atoms with E-state index in [2.05, 4.69) is 24.4 Å². The summed E-state index contributed by atoms with van der Waals surface area (Å²) in [6, 6.07) is 21.4. The minimum atomic E-state index is -3.67. The maximum Gasteiger partial charge on any atom is 0.316 e. The molecule has 0 radical (unpaired) electrons. The summed E-state index contributed by atoms with van der Waals surface area (Å²) in [5.41, 5.74) is 4.62. The predicted molar refractivity (Wildman–Crippen MR) is 230 cm³/mol. The molecular formula is C40H46N6O9S3. The number of rotatable bonds is 16. The second-order valence-corrected chi connectivity index (χ2v) is 17.2. The van der Waals surface area contributed by atoms with Crippen molar-refractivity contribution in [3.63, 3.8) is 0 Å². The molecule has 58 heavy (non-hydrogen) atoms. The second-order valence-electron chi connectivity index (χ2n) is 13.7. The predicted octanol–water partition coefficient (Wildman–Crippen LogP) is 8.53. The van der Waals surface area contributed by atoms with E-state index in [4.69, 9.17) is 13.1 Å². The number of benzene rings is 5. The van der Waals surface area contributed by atoms with Crippen molar-refractivity contribution in [2.45, 2.75) is 46.5 Å². The minimum absolute atomic E-state index is 0.0265. The number of phenols is 2. The fourth-order valence-electron chi connectivity index (χ4n) is 6.57. The maximum atomic E-state index is 13.3. The Labute approximate surface area is 343 Å². The lowest BCUT2D eigenvalue weighted by molar-refractivity contribution is 0.122. The highest BCUT2D eigenvalue weighted by molar-refractivity contribution is 7.92. The van der Waals surface area contributed by atoms with Crippen molar-refractivity contribution < 1.29 is 40.2 Å². The minimum Gasteiger partial charge on any atom is -0.507 e. The first-order valence-corrected chi connectivity index (χ1v) is 22.6. The van der Waals surface area contributed by atoms with E-state index in [0.29, 0.717) is 65.4 Å². The molecule has 6 rings (SSSR count). The third kappa shape index (κ3) is 10.4. The second kappa shape index (κ2) is 18.4. The van der Waals surface area contributed by atoms with Gasteiger partial charge in [-0.25, -0.2) is 8.42 Å². The normalized spacial score (nSPS) is 14.4. The van der Waals surface area contributed by atoms with Crippen molar-refractivity contribution in [3.05, 3.63) is 95.6 Å². The molecule has 5 aromatic rings. The number of nitrogens with one attached hydrogen (secondary N) is 3. The number of nitrogens with zero attached hydrogens (tertiary/aromatic N) is 3. The van der Waals surface area contributed by atoms with Crippen LogP contribution in [0.25, 0.3) is 10.8 Å². The zero-order chi connectivity index (χ0) is 41.6. The Morgan fingerprint density at radius 1 is 0.845 bits per heavy atom. The SMILES string of the molecule is CCC(CC)c1cc(N=Nc2cccc(OS(=O)Nc3ccc(N4CCOCC4)c(OS(=O)Nc4cc(C)c(C)cc4O)c3)c2)c2c(NS(C)(=O)=O)cccc2c1O. The number of aromatic hydroxyl groups is 2. The third-order valence-electron chi connectivity index (χ3n) is 9.61. The van der Waals surface area contributed by atoms with Gasteiger partial charge in [-0.05, 0) is 97.8 Å². The van der Waals surface area contributed by atoms with Crippen molar-refractivity contribution in [1.29, 1.82) is 0 Å². The van der Waals surface area contributed by atoms with Crippen molar-refractivity contribution in [2.75, 3.05) is 51.6 Å². The van der Waals surface area contributed by atoms with Gasteiger partial charge >= 0.3 is 22.5 Å². The Morgan fingerprint density at radius 2 is 1.55 bits per heavy atom. The molecule has 0 saturated carbocycles. The van der Waals surface area contributed by atoms with E-state index in [1.807, 2.05) is 32.6 Å². The van der Waals surface area contributed by atoms with Crippen LogP contribution in [0.1, 0.15) is 49.3 Å². The van der Waals surface area contributed by atoms with Crippen LogP contribution in [0.5, 0.6) is 23.0 Å². The lowest BCUT2D eigenvalue weighted by Gasteiger charge is -2.30. The Kier molecular flexibility index (Phi) is 13.4. The first-order chi connectivity index (χ1) is 27.7. The van der Waals surface area contributed by atoms with E-state index in [0.717, 1.165) is 30.2 Å². The summed E-state index contributed by atoms with van der Waals surface area (Å²) in [6.07, 6.45) is 2.57. The summed E-state index contributed by atoms with van der Waals surface area (Å²) in [5, 5.41) is 31.5. The number of phenolic OH excluding ortho intramolecular Hbond substituents is 2. The Balaban J connectivity index is 1.23. The van der Waals surface area contributed by atoms with Crippen LogP contribution in [0, 0.1) is 13.8 Å². The third-order valence-corrected chi connectivity index (χ3v) is 11.7. The molecule has 0 bridgehead atoms. The number of fused-ring (bicyclic) bond motifs is 1. The molecule has 5 N–H and O–H groups in total. The molecule has 18 heteroatoms. The van der Waals surface area contributed by atoms with Crippen molar-refractivity contribution in [3.8, 4) is 23.0 Å². The molecule has 1 saturated heterocycles. The summed E-state index contributed by atoms with van der Waals surface area (Å²) in [7, 11) is -3.67. The summed E-state index contributed by atoms with van der Waals surface area (Å²) in [6.45, 7) is 9.94. The number of aryl methyl sites for hydroxylation is 2. The number of ether oxygens (including phenoxy) is 1. The van der Waals surface area contributed by atoms with Crippen molar-refractivity contribution in [2.24, 2.45) is 10.2 Å². The van der Waals surface area contributed by atoms with Gasteiger partial charge in [0.05, 0.1) is 53.6 Å². The lowest BCUT2D eigenvalue weighted by Crippen LogP contribution is -2.36. The van der Waals surface area contributed by atoms with Crippen LogP contribution in [0.3, 0.4) is 0 Å². The van der Waals surface area contributed by atoms with Gasteiger partial charge in [0.2, 0.25) is 10.0 Å². The molecule has 2 unspecified atom stereocenters. The highest BCUT2D eigenvalue weighted by Gasteiger charge is 2.22. The van der Waals surface area contributed by atoms with E-state index in [1.54, 1.807) is 72.8 Å². The average molecular weight is 851 g/mol. The van der Waals surface area contributed by atoms with E-state index in [-0.39, 0.29) is 40.3 Å².